The van der Waals surface area contributed by atoms with Gasteiger partial charge in [0.05, 0.1) is 6.61 Å². The topological polar surface area (TPSA) is 26.3 Å². The van der Waals surface area contributed by atoms with Crippen LogP contribution in [0, 0.1) is 0 Å². The molecule has 0 spiro atoms. The van der Waals surface area contributed by atoms with Gasteiger partial charge in [-0.1, -0.05) is 18.9 Å². The molecule has 1 aliphatic rings. The van der Waals surface area contributed by atoms with Gasteiger partial charge in [-0.15, -0.1) is 0 Å². The summed E-state index contributed by atoms with van der Waals surface area (Å²) in [7, 11) is 0. The number of ether oxygens (including phenoxy) is 1. The summed E-state index contributed by atoms with van der Waals surface area (Å²) in [5, 5.41) is 0. The molecule has 0 radical (unpaired) electrons. The van der Waals surface area contributed by atoms with Crippen LogP contribution in [0.3, 0.4) is 0 Å². The van der Waals surface area contributed by atoms with Gasteiger partial charge in [0.1, 0.15) is 0 Å². The molecule has 0 amide bonds. The van der Waals surface area contributed by atoms with Gasteiger partial charge in [-0.05, 0) is 38.2 Å². The minimum absolute atomic E-state index is 0.297. The molecule has 0 atom stereocenters. The normalized spacial score (nSPS) is 17.8. The van der Waals surface area contributed by atoms with Gasteiger partial charge in [-0.2, -0.15) is 0 Å². The van der Waals surface area contributed by atoms with E-state index in [1.54, 1.807) is 0 Å². The number of ketones is 1. The quantitative estimate of drug-likeness (QED) is 0.651. The van der Waals surface area contributed by atoms with Gasteiger partial charge in [-0.3, -0.25) is 4.79 Å². The van der Waals surface area contributed by atoms with E-state index in [2.05, 4.69) is 6.08 Å². The van der Waals surface area contributed by atoms with Crippen LogP contribution in [0.5, 0.6) is 0 Å². The molecule has 2 heteroatoms. The van der Waals surface area contributed by atoms with Crippen LogP contribution < -0.4 is 0 Å². The first kappa shape index (κ1) is 12.4. The SMILES string of the molecule is CCOCCC(=O)C1=CCCCCCC1. The molecular formula is C13H22O2. The maximum atomic E-state index is 11.8. The van der Waals surface area contributed by atoms with E-state index in [4.69, 9.17) is 4.74 Å². The Hall–Kier alpha value is -0.630. The number of Topliss-reactive ketones (excluding diaryl/α,β-unsaturated/α-hetero) is 1. The highest BCUT2D eigenvalue weighted by Crippen LogP contribution is 2.18. The fourth-order valence-electron chi connectivity index (χ4n) is 1.91. The summed E-state index contributed by atoms with van der Waals surface area (Å²) in [6.45, 7) is 3.23. The molecule has 0 fully saturated rings. The van der Waals surface area contributed by atoms with Crippen molar-refractivity contribution < 1.29 is 9.53 Å². The van der Waals surface area contributed by atoms with Crippen molar-refractivity contribution in [2.75, 3.05) is 13.2 Å². The summed E-state index contributed by atoms with van der Waals surface area (Å²) in [5.74, 6) is 0.297. The van der Waals surface area contributed by atoms with Crippen LogP contribution in [-0.4, -0.2) is 19.0 Å². The lowest BCUT2D eigenvalue weighted by molar-refractivity contribution is -0.116. The Labute approximate surface area is 92.7 Å². The van der Waals surface area contributed by atoms with Crippen LogP contribution in [0.25, 0.3) is 0 Å². The van der Waals surface area contributed by atoms with Crippen molar-refractivity contribution in [1.29, 1.82) is 0 Å². The summed E-state index contributed by atoms with van der Waals surface area (Å²) < 4.78 is 5.20. The van der Waals surface area contributed by atoms with Crippen molar-refractivity contribution in [3.8, 4) is 0 Å². The molecule has 0 saturated carbocycles. The maximum absolute atomic E-state index is 11.8. The standard InChI is InChI=1S/C13H22O2/c1-2-15-11-10-13(14)12-8-6-4-3-5-7-9-12/h8H,2-7,9-11H2,1H3. The van der Waals surface area contributed by atoms with Crippen LogP contribution >= 0.6 is 0 Å². The number of carbonyl (C=O) groups is 1. The van der Waals surface area contributed by atoms with Gasteiger partial charge in [0.15, 0.2) is 5.78 Å². The van der Waals surface area contributed by atoms with E-state index >= 15 is 0 Å². The van der Waals surface area contributed by atoms with E-state index in [9.17, 15) is 4.79 Å². The second-order valence-electron chi connectivity index (χ2n) is 4.05. The van der Waals surface area contributed by atoms with Gasteiger partial charge in [0.25, 0.3) is 0 Å². The van der Waals surface area contributed by atoms with Gasteiger partial charge in [0.2, 0.25) is 0 Å². The molecule has 0 N–H and O–H groups in total. The number of hydrogen-bond acceptors (Lipinski definition) is 2. The van der Waals surface area contributed by atoms with E-state index in [0.717, 1.165) is 18.4 Å². The van der Waals surface area contributed by atoms with Crippen LogP contribution in [0.4, 0.5) is 0 Å². The Balaban J connectivity index is 2.34. The van der Waals surface area contributed by atoms with Gasteiger partial charge in [0, 0.05) is 13.0 Å². The minimum Gasteiger partial charge on any atom is -0.381 e. The maximum Gasteiger partial charge on any atom is 0.160 e. The minimum atomic E-state index is 0.297. The molecule has 15 heavy (non-hydrogen) atoms. The molecule has 0 heterocycles. The molecule has 0 bridgehead atoms. The Morgan fingerprint density at radius 3 is 2.93 bits per heavy atom. The lowest BCUT2D eigenvalue weighted by Crippen LogP contribution is -2.08. The molecule has 1 aliphatic carbocycles. The van der Waals surface area contributed by atoms with Crippen molar-refractivity contribution in [1.82, 2.24) is 0 Å². The van der Waals surface area contributed by atoms with Crippen molar-refractivity contribution >= 4 is 5.78 Å². The Bertz CT molecular complexity index is 219. The Kier molecular flexibility index (Phi) is 6.33. The van der Waals surface area contributed by atoms with Crippen LogP contribution in [0.15, 0.2) is 11.6 Å². The third-order valence-electron chi connectivity index (χ3n) is 2.83. The first-order valence-electron chi connectivity index (χ1n) is 6.14. The number of carbonyl (C=O) groups excluding carboxylic acids is 1. The third-order valence-corrected chi connectivity index (χ3v) is 2.83. The molecule has 0 aromatic rings. The second kappa shape index (κ2) is 7.63. The Morgan fingerprint density at radius 2 is 2.13 bits per heavy atom. The average molecular weight is 210 g/mol. The summed E-state index contributed by atoms with van der Waals surface area (Å²) in [4.78, 5) is 11.8. The molecule has 0 aromatic carbocycles. The fraction of sp³-hybridized carbons (Fsp3) is 0.769. The van der Waals surface area contributed by atoms with E-state index in [-0.39, 0.29) is 0 Å². The number of allylic oxidation sites excluding steroid dienone is 2. The van der Waals surface area contributed by atoms with E-state index in [1.165, 1.54) is 25.7 Å². The predicted octanol–water partition coefficient (Wildman–Crippen LogP) is 3.26. The van der Waals surface area contributed by atoms with E-state index < -0.39 is 0 Å². The molecule has 0 saturated heterocycles. The highest BCUT2D eigenvalue weighted by Gasteiger charge is 2.10. The summed E-state index contributed by atoms with van der Waals surface area (Å²) in [6.07, 6.45) is 9.76. The highest BCUT2D eigenvalue weighted by molar-refractivity contribution is 5.95. The lowest BCUT2D eigenvalue weighted by Gasteiger charge is -2.10. The van der Waals surface area contributed by atoms with E-state index in [1.807, 2.05) is 6.92 Å². The molecule has 2 nitrogen and oxygen atoms in total. The Morgan fingerprint density at radius 1 is 1.33 bits per heavy atom. The smallest absolute Gasteiger partial charge is 0.160 e. The average Bonchev–Trinajstić information content (AvgIpc) is 2.17. The summed E-state index contributed by atoms with van der Waals surface area (Å²) >= 11 is 0. The third kappa shape index (κ3) is 5.12. The largest absolute Gasteiger partial charge is 0.381 e. The van der Waals surface area contributed by atoms with Crippen molar-refractivity contribution in [2.24, 2.45) is 0 Å². The van der Waals surface area contributed by atoms with Gasteiger partial charge < -0.3 is 4.74 Å². The molecule has 86 valence electrons. The first-order chi connectivity index (χ1) is 7.34. The van der Waals surface area contributed by atoms with Crippen molar-refractivity contribution in [3.05, 3.63) is 11.6 Å². The van der Waals surface area contributed by atoms with Crippen LogP contribution in [0.1, 0.15) is 51.9 Å². The van der Waals surface area contributed by atoms with Crippen LogP contribution in [0.2, 0.25) is 0 Å². The highest BCUT2D eigenvalue weighted by atomic mass is 16.5. The molecular weight excluding hydrogens is 188 g/mol. The lowest BCUT2D eigenvalue weighted by atomic mass is 9.96. The zero-order valence-corrected chi connectivity index (χ0v) is 9.76. The van der Waals surface area contributed by atoms with Crippen molar-refractivity contribution in [2.45, 2.75) is 51.9 Å². The molecule has 1 rings (SSSR count). The summed E-state index contributed by atoms with van der Waals surface area (Å²) in [6, 6.07) is 0. The van der Waals surface area contributed by atoms with E-state index in [0.29, 0.717) is 25.4 Å². The predicted molar refractivity (Wildman–Crippen MR) is 61.9 cm³/mol. The van der Waals surface area contributed by atoms with Gasteiger partial charge in [-0.25, -0.2) is 0 Å². The van der Waals surface area contributed by atoms with Crippen LogP contribution in [-0.2, 0) is 9.53 Å². The first-order valence-corrected chi connectivity index (χ1v) is 6.14. The molecule has 0 unspecified atom stereocenters. The van der Waals surface area contributed by atoms with Gasteiger partial charge >= 0.3 is 0 Å². The molecule has 0 aliphatic heterocycles. The molecule has 0 aromatic heterocycles. The summed E-state index contributed by atoms with van der Waals surface area (Å²) in [5.41, 5.74) is 1.05. The second-order valence-corrected chi connectivity index (χ2v) is 4.05. The monoisotopic (exact) mass is 210 g/mol. The van der Waals surface area contributed by atoms with Crippen molar-refractivity contribution in [3.63, 3.8) is 0 Å². The fourth-order valence-corrected chi connectivity index (χ4v) is 1.91. The number of rotatable bonds is 5. The zero-order chi connectivity index (χ0) is 10.9. The number of hydrogen-bond donors (Lipinski definition) is 0. The zero-order valence-electron chi connectivity index (χ0n) is 9.76.